The van der Waals surface area contributed by atoms with E-state index in [4.69, 9.17) is 4.74 Å². The van der Waals surface area contributed by atoms with Crippen LogP contribution < -0.4 is 9.54 Å². The van der Waals surface area contributed by atoms with Gasteiger partial charge in [0.2, 0.25) is 5.91 Å². The highest BCUT2D eigenvalue weighted by Crippen LogP contribution is 2.23. The largest absolute Gasteiger partial charge is 0.497 e. The molecule has 4 nitrogen and oxygen atoms in total. The zero-order valence-electron chi connectivity index (χ0n) is 16.1. The Hall–Kier alpha value is -2.05. The van der Waals surface area contributed by atoms with Crippen molar-refractivity contribution in [1.82, 2.24) is 4.57 Å². The number of carbonyl (C=O) groups excluding carboxylic acids is 1. The molecule has 0 bridgehead atoms. The molecule has 0 unspecified atom stereocenters. The highest BCUT2D eigenvalue weighted by atomic mass is 32.2. The van der Waals surface area contributed by atoms with E-state index in [1.54, 1.807) is 30.2 Å². The van der Waals surface area contributed by atoms with Crippen LogP contribution in [0.1, 0.15) is 24.5 Å². The van der Waals surface area contributed by atoms with E-state index < -0.39 is 0 Å². The molecule has 1 amide bonds. The standard InChI is InChI=1S/C21H24N2O2S2/c1-5-23-18-12-14(2)15(3)13-19(18)27-21(23)22-20(24)10-11-26-17-8-6-16(25-4)7-9-17/h6-9,12-13H,5,10-11H2,1-4H3. The number of benzene rings is 2. The summed E-state index contributed by atoms with van der Waals surface area (Å²) in [7, 11) is 1.65. The Labute approximate surface area is 167 Å². The minimum atomic E-state index is -0.0711. The van der Waals surface area contributed by atoms with Crippen LogP contribution in [-0.2, 0) is 11.3 Å². The first-order valence-corrected chi connectivity index (χ1v) is 10.8. The van der Waals surface area contributed by atoms with E-state index in [9.17, 15) is 4.79 Å². The Bertz CT molecular complexity index is 1020. The number of fused-ring (bicyclic) bond motifs is 1. The number of thioether (sulfide) groups is 1. The van der Waals surface area contributed by atoms with Crippen molar-refractivity contribution in [2.75, 3.05) is 12.9 Å². The number of hydrogen-bond acceptors (Lipinski definition) is 4. The van der Waals surface area contributed by atoms with E-state index in [-0.39, 0.29) is 5.91 Å². The van der Waals surface area contributed by atoms with E-state index in [0.29, 0.717) is 12.2 Å². The first-order valence-electron chi connectivity index (χ1n) is 8.96. The molecule has 27 heavy (non-hydrogen) atoms. The molecule has 0 radical (unpaired) electrons. The number of thiazole rings is 1. The molecule has 0 spiro atoms. The van der Waals surface area contributed by atoms with Crippen LogP contribution in [0.25, 0.3) is 10.2 Å². The SMILES string of the molecule is CCn1c(=NC(=O)CCSc2ccc(OC)cc2)sc2cc(C)c(C)cc21. The van der Waals surface area contributed by atoms with Crippen molar-refractivity contribution in [2.24, 2.45) is 4.99 Å². The summed E-state index contributed by atoms with van der Waals surface area (Å²) in [6.45, 7) is 7.12. The fourth-order valence-corrected chi connectivity index (χ4v) is 4.84. The molecule has 2 aromatic carbocycles. The predicted octanol–water partition coefficient (Wildman–Crippen LogP) is 4.96. The van der Waals surface area contributed by atoms with Gasteiger partial charge in [-0.1, -0.05) is 11.3 Å². The molecule has 0 N–H and O–H groups in total. The second-order valence-corrected chi connectivity index (χ2v) is 8.49. The maximum Gasteiger partial charge on any atom is 0.249 e. The fourth-order valence-electron chi connectivity index (χ4n) is 2.80. The number of aryl methyl sites for hydroxylation is 3. The van der Waals surface area contributed by atoms with Crippen LogP contribution in [0.5, 0.6) is 5.75 Å². The van der Waals surface area contributed by atoms with Gasteiger partial charge in [0, 0.05) is 23.6 Å². The molecule has 1 aromatic heterocycles. The summed E-state index contributed by atoms with van der Waals surface area (Å²) in [4.78, 5) is 18.7. The van der Waals surface area contributed by atoms with Crippen LogP contribution in [-0.4, -0.2) is 23.3 Å². The Kier molecular flexibility index (Phi) is 6.39. The third-order valence-corrected chi connectivity index (χ3v) is 6.53. The number of methoxy groups -OCH3 is 1. The van der Waals surface area contributed by atoms with Gasteiger partial charge in [0.25, 0.3) is 0 Å². The van der Waals surface area contributed by atoms with Crippen molar-refractivity contribution in [3.05, 3.63) is 52.3 Å². The highest BCUT2D eigenvalue weighted by molar-refractivity contribution is 7.99. The zero-order valence-corrected chi connectivity index (χ0v) is 17.7. The molecule has 0 aliphatic carbocycles. The van der Waals surface area contributed by atoms with Crippen molar-refractivity contribution >= 4 is 39.2 Å². The minimum absolute atomic E-state index is 0.0711. The lowest BCUT2D eigenvalue weighted by atomic mass is 10.1. The molecule has 142 valence electrons. The summed E-state index contributed by atoms with van der Waals surface area (Å²) >= 11 is 3.25. The van der Waals surface area contributed by atoms with E-state index in [2.05, 4.69) is 42.5 Å². The van der Waals surface area contributed by atoms with Gasteiger partial charge in [-0.25, -0.2) is 0 Å². The van der Waals surface area contributed by atoms with Crippen LogP contribution in [0.4, 0.5) is 0 Å². The number of hydrogen-bond donors (Lipinski definition) is 0. The number of carbonyl (C=O) groups is 1. The first kappa shape index (κ1) is 19.7. The van der Waals surface area contributed by atoms with Crippen molar-refractivity contribution in [3.63, 3.8) is 0 Å². The summed E-state index contributed by atoms with van der Waals surface area (Å²) < 4.78 is 8.47. The van der Waals surface area contributed by atoms with Gasteiger partial charge in [-0.3, -0.25) is 4.79 Å². The predicted molar refractivity (Wildman–Crippen MR) is 114 cm³/mol. The quantitative estimate of drug-likeness (QED) is 0.550. The third kappa shape index (κ3) is 4.62. The summed E-state index contributed by atoms with van der Waals surface area (Å²) in [5.74, 6) is 1.48. The first-order chi connectivity index (χ1) is 13.0. The number of ether oxygens (including phenoxy) is 1. The summed E-state index contributed by atoms with van der Waals surface area (Å²) in [5, 5.41) is 0. The van der Waals surface area contributed by atoms with Crippen LogP contribution >= 0.6 is 23.1 Å². The molecule has 1 heterocycles. The van der Waals surface area contributed by atoms with Gasteiger partial charge < -0.3 is 9.30 Å². The Balaban J connectivity index is 1.72. The lowest BCUT2D eigenvalue weighted by Crippen LogP contribution is -2.16. The molecule has 0 fully saturated rings. The van der Waals surface area contributed by atoms with Gasteiger partial charge in [-0.2, -0.15) is 4.99 Å². The molecule has 3 aromatic rings. The van der Waals surface area contributed by atoms with Crippen molar-refractivity contribution < 1.29 is 9.53 Å². The van der Waals surface area contributed by atoms with Crippen LogP contribution in [0.2, 0.25) is 0 Å². The third-order valence-electron chi connectivity index (χ3n) is 4.48. The van der Waals surface area contributed by atoms with E-state index >= 15 is 0 Å². The molecular weight excluding hydrogens is 376 g/mol. The monoisotopic (exact) mass is 400 g/mol. The number of amides is 1. The maximum absolute atomic E-state index is 12.4. The molecule has 0 atom stereocenters. The summed E-state index contributed by atoms with van der Waals surface area (Å²) in [5.41, 5.74) is 3.68. The lowest BCUT2D eigenvalue weighted by molar-refractivity contribution is -0.117. The van der Waals surface area contributed by atoms with Crippen molar-refractivity contribution in [1.29, 1.82) is 0 Å². The molecule has 0 saturated heterocycles. The number of aromatic nitrogens is 1. The molecule has 6 heteroatoms. The average Bonchev–Trinajstić information content (AvgIpc) is 2.98. The highest BCUT2D eigenvalue weighted by Gasteiger charge is 2.09. The van der Waals surface area contributed by atoms with Crippen molar-refractivity contribution in [2.45, 2.75) is 38.6 Å². The van der Waals surface area contributed by atoms with Gasteiger partial charge in [0.15, 0.2) is 4.80 Å². The second-order valence-electron chi connectivity index (χ2n) is 6.31. The van der Waals surface area contributed by atoms with Gasteiger partial charge in [0.1, 0.15) is 5.75 Å². The molecule has 0 aliphatic rings. The zero-order chi connectivity index (χ0) is 19.4. The van der Waals surface area contributed by atoms with Crippen LogP contribution in [0.3, 0.4) is 0 Å². The Morgan fingerprint density at radius 1 is 1.19 bits per heavy atom. The minimum Gasteiger partial charge on any atom is -0.497 e. The van der Waals surface area contributed by atoms with Gasteiger partial charge in [-0.05, 0) is 68.3 Å². The van der Waals surface area contributed by atoms with E-state index in [0.717, 1.165) is 27.5 Å². The van der Waals surface area contributed by atoms with Gasteiger partial charge in [0.05, 0.1) is 17.3 Å². The number of rotatable bonds is 6. The maximum atomic E-state index is 12.4. The molecule has 0 saturated carbocycles. The Morgan fingerprint density at radius 2 is 1.89 bits per heavy atom. The van der Waals surface area contributed by atoms with E-state index in [1.807, 2.05) is 24.3 Å². The van der Waals surface area contributed by atoms with Gasteiger partial charge in [-0.15, -0.1) is 11.8 Å². The van der Waals surface area contributed by atoms with E-state index in [1.165, 1.54) is 15.8 Å². The smallest absolute Gasteiger partial charge is 0.249 e. The Morgan fingerprint density at radius 3 is 2.56 bits per heavy atom. The molecule has 3 rings (SSSR count). The van der Waals surface area contributed by atoms with Crippen LogP contribution in [0, 0.1) is 13.8 Å². The summed E-state index contributed by atoms with van der Waals surface area (Å²) in [6.07, 6.45) is 0.423. The molecule has 0 aliphatic heterocycles. The van der Waals surface area contributed by atoms with Gasteiger partial charge >= 0.3 is 0 Å². The second kappa shape index (κ2) is 8.76. The summed E-state index contributed by atoms with van der Waals surface area (Å²) in [6, 6.07) is 12.2. The molecular formula is C21H24N2O2S2. The lowest BCUT2D eigenvalue weighted by Gasteiger charge is -2.03. The average molecular weight is 401 g/mol. The topological polar surface area (TPSA) is 43.6 Å². The van der Waals surface area contributed by atoms with Crippen molar-refractivity contribution in [3.8, 4) is 5.75 Å². The van der Waals surface area contributed by atoms with Crippen LogP contribution in [0.15, 0.2) is 46.3 Å². The number of nitrogens with zero attached hydrogens (tertiary/aromatic N) is 2. The normalized spacial score (nSPS) is 11.9. The fraction of sp³-hybridized carbons (Fsp3) is 0.333.